The van der Waals surface area contributed by atoms with Gasteiger partial charge in [-0.15, -0.1) is 0 Å². The number of esters is 1. The third-order valence-corrected chi connectivity index (χ3v) is 3.80. The van der Waals surface area contributed by atoms with Gasteiger partial charge in [0.1, 0.15) is 17.6 Å². The van der Waals surface area contributed by atoms with Gasteiger partial charge in [0.2, 0.25) is 0 Å². The van der Waals surface area contributed by atoms with Crippen molar-refractivity contribution in [1.82, 2.24) is 0 Å². The van der Waals surface area contributed by atoms with Crippen molar-refractivity contribution in [2.24, 2.45) is 0 Å². The van der Waals surface area contributed by atoms with Gasteiger partial charge in [0, 0.05) is 12.1 Å². The van der Waals surface area contributed by atoms with Crippen LogP contribution in [0.3, 0.4) is 0 Å². The van der Waals surface area contributed by atoms with Crippen LogP contribution in [0.4, 0.5) is 10.1 Å². The molecule has 0 saturated carbocycles. The molecule has 0 aromatic heterocycles. The number of aliphatic hydroxyl groups excluding tert-OH is 1. The first-order chi connectivity index (χ1) is 12.9. The summed E-state index contributed by atoms with van der Waals surface area (Å²) in [6.45, 7) is 1.60. The summed E-state index contributed by atoms with van der Waals surface area (Å²) in [6.07, 6.45) is 0.132. The lowest BCUT2D eigenvalue weighted by Crippen LogP contribution is -2.16. The number of nitrogens with one attached hydrogen (secondary N) is 1. The van der Waals surface area contributed by atoms with E-state index in [0.717, 1.165) is 0 Å². The zero-order chi connectivity index (χ0) is 20.0. The van der Waals surface area contributed by atoms with Crippen molar-refractivity contribution in [2.45, 2.75) is 13.3 Å². The Balaban J connectivity index is 2.44. The third kappa shape index (κ3) is 4.50. The van der Waals surface area contributed by atoms with Crippen molar-refractivity contribution in [3.8, 4) is 17.2 Å². The largest absolute Gasteiger partial charge is 0.511 e. The summed E-state index contributed by atoms with van der Waals surface area (Å²) in [5.74, 6) is -2.17. The van der Waals surface area contributed by atoms with Crippen molar-refractivity contribution in [3.63, 3.8) is 0 Å². The lowest BCUT2D eigenvalue weighted by atomic mass is 9.99. The number of amides is 1. The zero-order valence-corrected chi connectivity index (χ0v) is 14.7. The van der Waals surface area contributed by atoms with Gasteiger partial charge in [0.25, 0.3) is 5.91 Å². The molecule has 2 aromatic rings. The average Bonchev–Trinajstić information content (AvgIpc) is 2.68. The Hall–Kier alpha value is -3.66. The number of carbonyl (C=O) groups is 2. The average molecular weight is 368 g/mol. The molecule has 138 valence electrons. The van der Waals surface area contributed by atoms with E-state index < -0.39 is 23.3 Å². The van der Waals surface area contributed by atoms with E-state index in [1.54, 1.807) is 19.1 Å². The predicted octanol–water partition coefficient (Wildman–Crippen LogP) is 3.96. The van der Waals surface area contributed by atoms with Gasteiger partial charge in [-0.3, -0.25) is 4.79 Å². The molecule has 0 heterocycles. The molecule has 0 radical (unpaired) electrons. The van der Waals surface area contributed by atoms with Crippen LogP contribution in [0.15, 0.2) is 53.8 Å². The van der Waals surface area contributed by atoms with E-state index in [1.165, 1.54) is 43.5 Å². The molecule has 1 amide bonds. The zero-order valence-electron chi connectivity index (χ0n) is 14.7. The summed E-state index contributed by atoms with van der Waals surface area (Å²) >= 11 is 0. The van der Waals surface area contributed by atoms with Gasteiger partial charge in [-0.1, -0.05) is 25.1 Å². The van der Waals surface area contributed by atoms with Crippen molar-refractivity contribution in [1.29, 1.82) is 5.26 Å². The number of benzene rings is 2. The smallest absolute Gasteiger partial charge is 0.338 e. The fourth-order valence-electron chi connectivity index (χ4n) is 2.40. The summed E-state index contributed by atoms with van der Waals surface area (Å²) in [5, 5.41) is 21.2. The molecular weight excluding hydrogens is 351 g/mol. The van der Waals surface area contributed by atoms with E-state index in [-0.39, 0.29) is 23.4 Å². The maximum Gasteiger partial charge on any atom is 0.338 e. The number of anilines is 1. The number of ether oxygens (including phenoxy) is 1. The molecule has 6 nitrogen and oxygen atoms in total. The Bertz CT molecular complexity index is 943. The lowest BCUT2D eigenvalue weighted by Gasteiger charge is -2.12. The van der Waals surface area contributed by atoms with Crippen LogP contribution in [-0.4, -0.2) is 24.1 Å². The first-order valence-corrected chi connectivity index (χ1v) is 8.03. The van der Waals surface area contributed by atoms with Gasteiger partial charge >= 0.3 is 5.97 Å². The highest BCUT2D eigenvalue weighted by atomic mass is 19.1. The van der Waals surface area contributed by atoms with Crippen LogP contribution in [0, 0.1) is 17.1 Å². The van der Waals surface area contributed by atoms with Gasteiger partial charge in [-0.05, 0) is 35.4 Å². The van der Waals surface area contributed by atoms with Crippen LogP contribution in [0.1, 0.15) is 23.7 Å². The van der Waals surface area contributed by atoms with E-state index in [1.807, 2.05) is 0 Å². The molecule has 0 unspecified atom stereocenters. The minimum atomic E-state index is -0.790. The Kier molecular flexibility index (Phi) is 6.28. The van der Waals surface area contributed by atoms with Crippen LogP contribution >= 0.6 is 0 Å². The molecule has 0 fully saturated rings. The Morgan fingerprint density at radius 1 is 1.22 bits per heavy atom. The third-order valence-electron chi connectivity index (χ3n) is 3.80. The molecule has 0 saturated heterocycles. The predicted molar refractivity (Wildman–Crippen MR) is 97.4 cm³/mol. The second-order valence-electron chi connectivity index (χ2n) is 5.50. The first-order valence-electron chi connectivity index (χ1n) is 8.03. The molecule has 27 heavy (non-hydrogen) atoms. The highest BCUT2D eigenvalue weighted by Crippen LogP contribution is 2.28. The number of carbonyl (C=O) groups excluding carboxylic acids is 2. The number of methoxy groups -OCH3 is 1. The molecule has 0 aliphatic rings. The number of hydrogen-bond acceptors (Lipinski definition) is 5. The van der Waals surface area contributed by atoms with Crippen LogP contribution in [-0.2, 0) is 9.53 Å². The number of nitrogens with zero attached hydrogens (tertiary/aromatic N) is 1. The van der Waals surface area contributed by atoms with Gasteiger partial charge in [-0.25, -0.2) is 9.18 Å². The fourth-order valence-corrected chi connectivity index (χ4v) is 2.40. The molecule has 0 spiro atoms. The normalized spacial score (nSPS) is 11.2. The fraction of sp³-hybridized carbons (Fsp3) is 0.150. The topological polar surface area (TPSA) is 99.4 Å². The van der Waals surface area contributed by atoms with Gasteiger partial charge < -0.3 is 15.2 Å². The number of nitriles is 1. The molecule has 2 rings (SSSR count). The van der Waals surface area contributed by atoms with Crippen molar-refractivity contribution >= 4 is 17.6 Å². The van der Waals surface area contributed by atoms with E-state index in [9.17, 15) is 19.1 Å². The maximum absolute atomic E-state index is 13.1. The monoisotopic (exact) mass is 368 g/mol. The Labute approximate surface area is 155 Å². The molecule has 0 aliphatic carbocycles. The molecule has 7 heteroatoms. The molecular formula is C20H17FN2O4. The number of halogens is 1. The van der Waals surface area contributed by atoms with Gasteiger partial charge in [-0.2, -0.15) is 5.26 Å². The van der Waals surface area contributed by atoms with Gasteiger partial charge in [0.05, 0.1) is 12.7 Å². The first kappa shape index (κ1) is 19.7. The number of hydrogen-bond donors (Lipinski definition) is 2. The van der Waals surface area contributed by atoms with Gasteiger partial charge in [0.15, 0.2) is 5.57 Å². The number of rotatable bonds is 5. The quantitative estimate of drug-likeness (QED) is 0.360. The lowest BCUT2D eigenvalue weighted by molar-refractivity contribution is -0.112. The minimum absolute atomic E-state index is 0.132. The van der Waals surface area contributed by atoms with E-state index in [0.29, 0.717) is 11.1 Å². The summed E-state index contributed by atoms with van der Waals surface area (Å²) in [5.41, 5.74) is 1.08. The Morgan fingerprint density at radius 3 is 2.44 bits per heavy atom. The summed E-state index contributed by atoms with van der Waals surface area (Å²) in [6, 6.07) is 11.7. The molecule has 2 aromatic carbocycles. The second kappa shape index (κ2) is 8.63. The van der Waals surface area contributed by atoms with Crippen LogP contribution in [0.5, 0.6) is 0 Å². The van der Waals surface area contributed by atoms with Crippen LogP contribution in [0.2, 0.25) is 0 Å². The minimum Gasteiger partial charge on any atom is -0.511 e. The summed E-state index contributed by atoms with van der Waals surface area (Å²) < 4.78 is 17.9. The van der Waals surface area contributed by atoms with E-state index >= 15 is 0 Å². The number of allylic oxidation sites excluding steroid dienone is 1. The SMILES string of the molecule is CC/C(O)=C(\C#N)C(=O)Nc1ccc(-c2ccc(F)cc2)c(C(=O)OC)c1. The van der Waals surface area contributed by atoms with Crippen molar-refractivity contribution < 1.29 is 23.8 Å². The highest BCUT2D eigenvalue weighted by Gasteiger charge is 2.18. The second-order valence-corrected chi connectivity index (χ2v) is 5.50. The number of aliphatic hydroxyl groups is 1. The van der Waals surface area contributed by atoms with Crippen molar-refractivity contribution in [3.05, 3.63) is 65.2 Å². The molecule has 2 N–H and O–H groups in total. The molecule has 0 atom stereocenters. The highest BCUT2D eigenvalue weighted by molar-refractivity contribution is 6.08. The molecule has 0 aliphatic heterocycles. The van der Waals surface area contributed by atoms with Crippen molar-refractivity contribution in [2.75, 3.05) is 12.4 Å². The Morgan fingerprint density at radius 2 is 1.89 bits per heavy atom. The van der Waals surface area contributed by atoms with E-state index in [2.05, 4.69) is 5.32 Å². The van der Waals surface area contributed by atoms with E-state index in [4.69, 9.17) is 10.00 Å². The van der Waals surface area contributed by atoms with Crippen LogP contribution < -0.4 is 5.32 Å². The summed E-state index contributed by atoms with van der Waals surface area (Å²) in [7, 11) is 1.22. The van der Waals surface area contributed by atoms with Crippen LogP contribution in [0.25, 0.3) is 11.1 Å². The summed E-state index contributed by atoms with van der Waals surface area (Å²) in [4.78, 5) is 24.3. The standard InChI is InChI=1S/C20H17FN2O4/c1-3-18(24)17(11-22)19(25)23-14-8-9-15(16(10-14)20(26)27-2)12-4-6-13(21)7-5-12/h4-10,24H,3H2,1-2H3,(H,23,25)/b18-17-. The maximum atomic E-state index is 13.1. The molecule has 0 bridgehead atoms.